The van der Waals surface area contributed by atoms with Gasteiger partial charge in [-0.3, -0.25) is 0 Å². The Morgan fingerprint density at radius 2 is 2.31 bits per heavy atom. The standard InChI is InChI=1S/C6H10N7/c1-4(2)12-11-10-6-5(7)8-3-9-13(6)12/h3-4H,1-2H3,(H2,7,8,9)/q+1. The van der Waals surface area contributed by atoms with E-state index in [0.29, 0.717) is 11.5 Å². The average Bonchev–Trinajstić information content (AvgIpc) is 2.48. The lowest BCUT2D eigenvalue weighted by Gasteiger charge is -1.96. The Kier molecular flexibility index (Phi) is 1.57. The molecule has 13 heavy (non-hydrogen) atoms. The van der Waals surface area contributed by atoms with Crippen molar-refractivity contribution >= 4 is 11.5 Å². The number of hydrogen-bond acceptors (Lipinski definition) is 5. The Morgan fingerprint density at radius 1 is 1.54 bits per heavy atom. The van der Waals surface area contributed by atoms with Crippen LogP contribution in [0.5, 0.6) is 0 Å². The number of anilines is 1. The number of hydrogen-bond donors (Lipinski definition) is 1. The first-order valence-corrected chi connectivity index (χ1v) is 3.94. The number of nitrogens with zero attached hydrogens (tertiary/aromatic N) is 6. The molecule has 0 fully saturated rings. The van der Waals surface area contributed by atoms with Crippen LogP contribution in [-0.4, -0.2) is 25.0 Å². The van der Waals surface area contributed by atoms with E-state index in [1.54, 1.807) is 4.80 Å². The zero-order valence-electron chi connectivity index (χ0n) is 7.42. The second kappa shape index (κ2) is 2.61. The lowest BCUT2D eigenvalue weighted by molar-refractivity contribution is -0.835. The molecule has 0 saturated heterocycles. The van der Waals surface area contributed by atoms with Crippen LogP contribution >= 0.6 is 0 Å². The zero-order valence-corrected chi connectivity index (χ0v) is 7.42. The second-order valence-electron chi connectivity index (χ2n) is 2.96. The minimum atomic E-state index is 0.185. The van der Waals surface area contributed by atoms with Crippen LogP contribution in [0.4, 0.5) is 5.82 Å². The zero-order chi connectivity index (χ0) is 9.42. The Balaban J connectivity index is 2.75. The lowest BCUT2D eigenvalue weighted by Crippen LogP contribution is -2.45. The molecule has 2 aromatic heterocycles. The molecule has 0 aliphatic heterocycles. The van der Waals surface area contributed by atoms with Crippen molar-refractivity contribution in [2.24, 2.45) is 0 Å². The molecule has 0 aliphatic rings. The fourth-order valence-electron chi connectivity index (χ4n) is 1.04. The van der Waals surface area contributed by atoms with Crippen molar-refractivity contribution in [3.8, 4) is 0 Å². The van der Waals surface area contributed by atoms with Gasteiger partial charge in [-0.25, -0.2) is 0 Å². The van der Waals surface area contributed by atoms with E-state index in [0.717, 1.165) is 0 Å². The summed E-state index contributed by atoms with van der Waals surface area (Å²) < 4.78 is 1.53. The molecule has 0 radical (unpaired) electrons. The molecule has 0 unspecified atom stereocenters. The Labute approximate surface area is 74.2 Å². The Morgan fingerprint density at radius 3 is 3.00 bits per heavy atom. The lowest BCUT2D eigenvalue weighted by atomic mass is 10.4. The third-order valence-electron chi connectivity index (χ3n) is 1.66. The van der Waals surface area contributed by atoms with Gasteiger partial charge in [0.05, 0.1) is 5.21 Å². The van der Waals surface area contributed by atoms with Crippen LogP contribution in [0.3, 0.4) is 0 Å². The van der Waals surface area contributed by atoms with E-state index < -0.39 is 0 Å². The van der Waals surface area contributed by atoms with Crippen molar-refractivity contribution in [1.82, 2.24) is 25.0 Å². The fraction of sp³-hybridized carbons (Fsp3) is 0.500. The Bertz CT molecular complexity index is 431. The summed E-state index contributed by atoms with van der Waals surface area (Å²) in [6.45, 7) is 3.97. The topological polar surface area (TPSA) is 85.9 Å². The summed E-state index contributed by atoms with van der Waals surface area (Å²) in [5, 5.41) is 11.8. The monoisotopic (exact) mass is 180 g/mol. The van der Waals surface area contributed by atoms with Gasteiger partial charge < -0.3 is 5.73 Å². The summed E-state index contributed by atoms with van der Waals surface area (Å²) in [6, 6.07) is 0.185. The number of fused-ring (bicyclic) bond motifs is 1. The molecule has 7 nitrogen and oxygen atoms in total. The van der Waals surface area contributed by atoms with E-state index in [1.165, 1.54) is 11.0 Å². The quantitative estimate of drug-likeness (QED) is 0.567. The first kappa shape index (κ1) is 7.84. The van der Waals surface area contributed by atoms with E-state index >= 15 is 0 Å². The SMILES string of the molecule is CC(C)[n+]1nnc2c(N)ncnn21. The van der Waals surface area contributed by atoms with Crippen molar-refractivity contribution in [2.75, 3.05) is 5.73 Å². The molecule has 0 saturated carbocycles. The average molecular weight is 180 g/mol. The normalized spacial score (nSPS) is 11.3. The van der Waals surface area contributed by atoms with Gasteiger partial charge in [0.15, 0.2) is 5.82 Å². The molecule has 2 N–H and O–H groups in total. The summed E-state index contributed by atoms with van der Waals surface area (Å²) in [5.41, 5.74) is 6.06. The van der Waals surface area contributed by atoms with Crippen LogP contribution in [0.1, 0.15) is 19.9 Å². The van der Waals surface area contributed by atoms with E-state index in [2.05, 4.69) is 20.4 Å². The van der Waals surface area contributed by atoms with Crippen molar-refractivity contribution in [3.63, 3.8) is 0 Å². The molecule has 0 aromatic carbocycles. The third-order valence-corrected chi connectivity index (χ3v) is 1.66. The number of rotatable bonds is 1. The van der Waals surface area contributed by atoms with Gasteiger partial charge in [-0.1, -0.05) is 4.80 Å². The highest BCUT2D eigenvalue weighted by Gasteiger charge is 2.17. The highest BCUT2D eigenvalue weighted by Crippen LogP contribution is 2.00. The molecular formula is C6H10N7+. The predicted octanol–water partition coefficient (Wildman–Crippen LogP) is -1.03. The van der Waals surface area contributed by atoms with Gasteiger partial charge in [0, 0.05) is 14.8 Å². The first-order valence-electron chi connectivity index (χ1n) is 3.94. The molecule has 0 spiro atoms. The largest absolute Gasteiger partial charge is 0.379 e. The molecule has 68 valence electrons. The second-order valence-corrected chi connectivity index (χ2v) is 2.96. The van der Waals surface area contributed by atoms with Gasteiger partial charge in [-0.05, 0) is 13.8 Å². The van der Waals surface area contributed by atoms with Crippen molar-refractivity contribution in [2.45, 2.75) is 19.9 Å². The molecule has 0 amide bonds. The molecule has 2 rings (SSSR count). The Hall–Kier alpha value is -1.79. The van der Waals surface area contributed by atoms with Crippen LogP contribution < -0.4 is 10.5 Å². The van der Waals surface area contributed by atoms with Crippen LogP contribution in [0.25, 0.3) is 5.65 Å². The summed E-state index contributed by atoms with van der Waals surface area (Å²) in [7, 11) is 0. The molecule has 0 bridgehead atoms. The van der Waals surface area contributed by atoms with Crippen molar-refractivity contribution in [1.29, 1.82) is 0 Å². The van der Waals surface area contributed by atoms with Crippen molar-refractivity contribution in [3.05, 3.63) is 6.33 Å². The van der Waals surface area contributed by atoms with E-state index in [4.69, 9.17) is 5.73 Å². The predicted molar refractivity (Wildman–Crippen MR) is 43.6 cm³/mol. The van der Waals surface area contributed by atoms with E-state index in [9.17, 15) is 0 Å². The molecular weight excluding hydrogens is 170 g/mol. The van der Waals surface area contributed by atoms with Crippen molar-refractivity contribution < 1.29 is 4.80 Å². The fourth-order valence-corrected chi connectivity index (χ4v) is 1.04. The maximum atomic E-state index is 5.58. The van der Waals surface area contributed by atoms with E-state index in [1.807, 2.05) is 13.8 Å². The first-order chi connectivity index (χ1) is 6.20. The number of tetrazole rings is 1. The molecule has 0 atom stereocenters. The number of nitrogens with two attached hydrogens (primary N) is 1. The smallest absolute Gasteiger partial charge is 0.344 e. The van der Waals surface area contributed by atoms with Crippen LogP contribution in [0.15, 0.2) is 6.33 Å². The molecule has 0 aliphatic carbocycles. The summed E-state index contributed by atoms with van der Waals surface area (Å²) in [6.07, 6.45) is 1.38. The van der Waals surface area contributed by atoms with Gasteiger partial charge in [0.25, 0.3) is 0 Å². The maximum absolute atomic E-state index is 5.58. The highest BCUT2D eigenvalue weighted by atomic mass is 15.7. The molecule has 7 heteroatoms. The van der Waals surface area contributed by atoms with E-state index in [-0.39, 0.29) is 6.04 Å². The van der Waals surface area contributed by atoms with Gasteiger partial charge in [0.2, 0.25) is 6.33 Å². The third kappa shape index (κ3) is 1.08. The van der Waals surface area contributed by atoms with Crippen LogP contribution in [-0.2, 0) is 0 Å². The molecule has 2 heterocycles. The number of aromatic nitrogens is 6. The molecule has 2 aromatic rings. The van der Waals surface area contributed by atoms with Gasteiger partial charge in [-0.2, -0.15) is 4.98 Å². The summed E-state index contributed by atoms with van der Waals surface area (Å²) >= 11 is 0. The number of nitrogen functional groups attached to an aromatic ring is 1. The maximum Gasteiger partial charge on any atom is 0.344 e. The highest BCUT2D eigenvalue weighted by molar-refractivity contribution is 5.55. The summed E-state index contributed by atoms with van der Waals surface area (Å²) in [4.78, 5) is 5.44. The summed E-state index contributed by atoms with van der Waals surface area (Å²) in [5.74, 6) is 0.335. The van der Waals surface area contributed by atoms with Crippen LogP contribution in [0, 0.1) is 0 Å². The minimum absolute atomic E-state index is 0.185. The van der Waals surface area contributed by atoms with Crippen LogP contribution in [0.2, 0.25) is 0 Å². The van der Waals surface area contributed by atoms with Gasteiger partial charge in [0.1, 0.15) is 6.04 Å². The van der Waals surface area contributed by atoms with Gasteiger partial charge in [-0.15, -0.1) is 0 Å². The minimum Gasteiger partial charge on any atom is -0.379 e. The van der Waals surface area contributed by atoms with Gasteiger partial charge >= 0.3 is 5.65 Å².